The van der Waals surface area contributed by atoms with Gasteiger partial charge < -0.3 is 5.73 Å². The first-order valence-electron chi connectivity index (χ1n) is 10.9. The highest BCUT2D eigenvalue weighted by molar-refractivity contribution is 5.87. The van der Waals surface area contributed by atoms with E-state index in [-0.39, 0.29) is 12.1 Å². The molecule has 0 aromatic carbocycles. The van der Waals surface area contributed by atoms with E-state index in [2.05, 4.69) is 16.7 Å². The van der Waals surface area contributed by atoms with Crippen LogP contribution in [0.3, 0.4) is 0 Å². The molecule has 0 aliphatic carbocycles. The maximum atomic E-state index is 11.4. The lowest BCUT2D eigenvalue weighted by Crippen LogP contribution is -2.17. The van der Waals surface area contributed by atoms with E-state index in [1.165, 1.54) is 83.1 Å². The molecule has 0 unspecified atom stereocenters. The van der Waals surface area contributed by atoms with E-state index in [0.29, 0.717) is 0 Å². The van der Waals surface area contributed by atoms with Crippen LogP contribution in [-0.4, -0.2) is 11.9 Å². The molecular weight excluding hydrogens is 342 g/mol. The molecule has 0 aliphatic heterocycles. The highest BCUT2D eigenvalue weighted by atomic mass is 17.2. The molecule has 0 aliphatic rings. The van der Waals surface area contributed by atoms with Gasteiger partial charge in [0, 0.05) is 0 Å². The van der Waals surface area contributed by atoms with Gasteiger partial charge in [-0.25, -0.2) is 19.4 Å². The molecule has 0 aromatic heterocycles. The first-order valence-corrected chi connectivity index (χ1v) is 10.9. The zero-order valence-corrected chi connectivity index (χ0v) is 17.6. The van der Waals surface area contributed by atoms with Crippen molar-refractivity contribution in [2.75, 3.05) is 0 Å². The van der Waals surface area contributed by atoms with Crippen LogP contribution in [0.2, 0.25) is 0 Å². The number of nitrogens with two attached hydrogens (primary N) is 1. The Bertz CT molecular complexity index is 407. The molecule has 0 bridgehead atoms. The average Bonchev–Trinajstić information content (AvgIpc) is 2.68. The Kier molecular flexibility index (Phi) is 18.2. The van der Waals surface area contributed by atoms with Crippen molar-refractivity contribution < 1.29 is 19.4 Å². The fourth-order valence-electron chi connectivity index (χ4n) is 2.93. The summed E-state index contributed by atoms with van der Waals surface area (Å²) in [5.74, 6) is -1.36. The molecule has 0 atom stereocenters. The molecule has 5 heteroatoms. The molecular formula is C22H41NO4. The molecule has 0 rings (SSSR count). The Balaban J connectivity index is 3.26. The van der Waals surface area contributed by atoms with E-state index in [1.807, 2.05) is 0 Å². The van der Waals surface area contributed by atoms with E-state index in [1.54, 1.807) is 6.92 Å². The van der Waals surface area contributed by atoms with E-state index in [9.17, 15) is 9.59 Å². The quantitative estimate of drug-likeness (QED) is 0.142. The molecule has 0 amide bonds. The number of allylic oxidation sites excluding steroid dienone is 1. The zero-order valence-electron chi connectivity index (χ0n) is 17.6. The Morgan fingerprint density at radius 2 is 1.11 bits per heavy atom. The van der Waals surface area contributed by atoms with Crippen molar-refractivity contribution in [2.45, 2.75) is 117 Å². The molecule has 2 N–H and O–H groups in total. The van der Waals surface area contributed by atoms with Crippen molar-refractivity contribution in [1.82, 2.24) is 0 Å². The predicted octanol–water partition coefficient (Wildman–Crippen LogP) is 6.11. The Morgan fingerprint density at radius 1 is 0.704 bits per heavy atom. The molecule has 158 valence electrons. The minimum atomic E-state index is -0.831. The zero-order chi connectivity index (χ0) is 20.2. The monoisotopic (exact) mass is 383 g/mol. The number of unbranched alkanes of at least 4 members (excludes halogenated alkanes) is 14. The van der Waals surface area contributed by atoms with E-state index >= 15 is 0 Å². The first kappa shape index (κ1) is 25.5. The number of hydrogen-bond acceptors (Lipinski definition) is 5. The van der Waals surface area contributed by atoms with Crippen LogP contribution in [0.5, 0.6) is 0 Å². The Hall–Kier alpha value is -1.52. The van der Waals surface area contributed by atoms with Crippen LogP contribution >= 0.6 is 0 Å². The lowest BCUT2D eigenvalue weighted by molar-refractivity contribution is -0.255. The normalized spacial score (nSPS) is 11.4. The topological polar surface area (TPSA) is 78.6 Å². The second-order valence-electron chi connectivity index (χ2n) is 7.27. The van der Waals surface area contributed by atoms with Gasteiger partial charge in [-0.05, 0) is 13.3 Å². The summed E-state index contributed by atoms with van der Waals surface area (Å²) in [4.78, 5) is 31.4. The minimum absolute atomic E-state index is 0.0743. The number of rotatable bonds is 17. The second-order valence-corrected chi connectivity index (χ2v) is 7.27. The van der Waals surface area contributed by atoms with E-state index in [4.69, 9.17) is 5.73 Å². The summed E-state index contributed by atoms with van der Waals surface area (Å²) in [5.41, 5.74) is 5.26. The molecule has 5 nitrogen and oxygen atoms in total. The van der Waals surface area contributed by atoms with Gasteiger partial charge in [-0.3, -0.25) is 0 Å². The van der Waals surface area contributed by atoms with Gasteiger partial charge in [-0.15, -0.1) is 0 Å². The average molecular weight is 384 g/mol. The summed E-state index contributed by atoms with van der Waals surface area (Å²) in [5, 5.41) is 0. The lowest BCUT2D eigenvalue weighted by atomic mass is 10.0. The summed E-state index contributed by atoms with van der Waals surface area (Å²) in [6, 6.07) is 0. The van der Waals surface area contributed by atoms with Crippen molar-refractivity contribution in [2.24, 2.45) is 5.73 Å². The van der Waals surface area contributed by atoms with Gasteiger partial charge in [-0.2, -0.15) is 0 Å². The van der Waals surface area contributed by atoms with Crippen LogP contribution in [0.4, 0.5) is 0 Å². The third-order valence-electron chi connectivity index (χ3n) is 4.74. The van der Waals surface area contributed by atoms with Crippen molar-refractivity contribution in [1.29, 1.82) is 0 Å². The molecule has 0 aromatic rings. The summed E-state index contributed by atoms with van der Waals surface area (Å²) in [6.07, 6.45) is 20.8. The first-order chi connectivity index (χ1) is 13.1. The van der Waals surface area contributed by atoms with Crippen LogP contribution in [0.15, 0.2) is 11.8 Å². The largest absolute Gasteiger partial charge is 0.401 e. The highest BCUT2D eigenvalue weighted by Gasteiger charge is 2.11. The molecule has 0 heterocycles. The van der Waals surface area contributed by atoms with Gasteiger partial charge >= 0.3 is 11.9 Å². The number of hydrogen-bond donors (Lipinski definition) is 1. The fraction of sp³-hybridized carbons (Fsp3) is 0.818. The molecule has 27 heavy (non-hydrogen) atoms. The van der Waals surface area contributed by atoms with Crippen LogP contribution in [0, 0.1) is 0 Å². The lowest BCUT2D eigenvalue weighted by Gasteiger charge is -2.04. The fourth-order valence-corrected chi connectivity index (χ4v) is 2.93. The SMILES string of the molecule is C/C=C(\N)C(=O)OOC(=O)CCCCCCCCCCCCCCCCC. The van der Waals surface area contributed by atoms with Gasteiger partial charge in [-0.1, -0.05) is 103 Å². The van der Waals surface area contributed by atoms with Gasteiger partial charge in [0.05, 0.1) is 6.42 Å². The molecule has 0 fully saturated rings. The third-order valence-corrected chi connectivity index (χ3v) is 4.74. The summed E-state index contributed by atoms with van der Waals surface area (Å²) in [6.45, 7) is 3.87. The number of carbonyl (C=O) groups excluding carboxylic acids is 2. The third kappa shape index (κ3) is 17.6. The van der Waals surface area contributed by atoms with E-state index < -0.39 is 11.9 Å². The van der Waals surface area contributed by atoms with E-state index in [0.717, 1.165) is 19.3 Å². The van der Waals surface area contributed by atoms with Gasteiger partial charge in [0.25, 0.3) is 0 Å². The second kappa shape index (κ2) is 19.2. The van der Waals surface area contributed by atoms with Crippen molar-refractivity contribution in [3.63, 3.8) is 0 Å². The standard InChI is InChI=1S/C22H41NO4/c1-3-5-6-7-8-9-10-11-12-13-14-15-16-17-18-19-21(24)26-27-22(25)20(23)4-2/h4H,3,5-19,23H2,1-2H3/b20-4-. The highest BCUT2D eigenvalue weighted by Crippen LogP contribution is 2.13. The minimum Gasteiger partial charge on any atom is -0.393 e. The molecule has 0 spiro atoms. The predicted molar refractivity (Wildman–Crippen MR) is 110 cm³/mol. The smallest absolute Gasteiger partial charge is 0.393 e. The number of carbonyl (C=O) groups is 2. The van der Waals surface area contributed by atoms with Crippen molar-refractivity contribution in [3.05, 3.63) is 11.8 Å². The maximum Gasteiger partial charge on any atom is 0.401 e. The maximum absolute atomic E-state index is 11.4. The van der Waals surface area contributed by atoms with Crippen LogP contribution in [0.25, 0.3) is 0 Å². The van der Waals surface area contributed by atoms with Crippen molar-refractivity contribution in [3.8, 4) is 0 Å². The molecule has 0 saturated heterocycles. The Morgan fingerprint density at radius 3 is 1.52 bits per heavy atom. The summed E-state index contributed by atoms with van der Waals surface area (Å²) < 4.78 is 0. The van der Waals surface area contributed by atoms with Crippen LogP contribution in [-0.2, 0) is 19.4 Å². The molecule has 0 saturated carbocycles. The van der Waals surface area contributed by atoms with Gasteiger partial charge in [0.1, 0.15) is 5.70 Å². The van der Waals surface area contributed by atoms with Gasteiger partial charge in [0.15, 0.2) is 0 Å². The van der Waals surface area contributed by atoms with Gasteiger partial charge in [0.2, 0.25) is 0 Å². The summed E-state index contributed by atoms with van der Waals surface area (Å²) in [7, 11) is 0. The molecule has 0 radical (unpaired) electrons. The Labute approximate surface area is 166 Å². The van der Waals surface area contributed by atoms with Crippen molar-refractivity contribution >= 4 is 11.9 Å². The summed E-state index contributed by atoms with van der Waals surface area (Å²) >= 11 is 0. The van der Waals surface area contributed by atoms with Crippen LogP contribution in [0.1, 0.15) is 117 Å². The van der Waals surface area contributed by atoms with Crippen LogP contribution < -0.4 is 5.73 Å².